The van der Waals surface area contributed by atoms with Crippen LogP contribution < -0.4 is 0 Å². The van der Waals surface area contributed by atoms with Crippen molar-refractivity contribution in [3.05, 3.63) is 53.8 Å². The van der Waals surface area contributed by atoms with Gasteiger partial charge in [-0.25, -0.2) is 4.79 Å². The summed E-state index contributed by atoms with van der Waals surface area (Å²) in [5.74, 6) is -1.64. The van der Waals surface area contributed by atoms with Gasteiger partial charge in [0.2, 0.25) is 18.2 Å². The molecule has 0 spiro atoms. The van der Waals surface area contributed by atoms with Crippen LogP contribution >= 0.6 is 0 Å². The number of allylic oxidation sites excluding steroid dienone is 1. The molecule has 2 aliphatic rings. The smallest absolute Gasteiger partial charge is 0.343 e. The van der Waals surface area contributed by atoms with Crippen molar-refractivity contribution >= 4 is 30.2 Å². The zero-order chi connectivity index (χ0) is 22.6. The van der Waals surface area contributed by atoms with E-state index in [9.17, 15) is 19.2 Å². The van der Waals surface area contributed by atoms with Crippen LogP contribution in [0.25, 0.3) is 6.08 Å². The predicted molar refractivity (Wildman–Crippen MR) is 110 cm³/mol. The Balaban J connectivity index is 1.85. The molecule has 2 fully saturated rings. The summed E-state index contributed by atoms with van der Waals surface area (Å²) in [5, 5.41) is 0. The number of carbonyl (C=O) groups excluding carboxylic acids is 4. The van der Waals surface area contributed by atoms with Crippen molar-refractivity contribution < 1.29 is 33.4 Å². The van der Waals surface area contributed by atoms with Gasteiger partial charge in [0.15, 0.2) is 6.23 Å². The number of hydrogen-bond acceptors (Lipinski definition) is 7. The Morgan fingerprint density at radius 3 is 2.55 bits per heavy atom. The maximum atomic E-state index is 13.2. The number of nitrogens with zero attached hydrogens (tertiary/aromatic N) is 1. The van der Waals surface area contributed by atoms with Crippen molar-refractivity contribution in [3.8, 4) is 0 Å². The predicted octanol–water partition coefficient (Wildman–Crippen LogP) is 2.59. The van der Waals surface area contributed by atoms with Crippen LogP contribution in [0.2, 0.25) is 0 Å². The third-order valence-corrected chi connectivity index (χ3v) is 5.06. The van der Waals surface area contributed by atoms with Crippen molar-refractivity contribution in [3.63, 3.8) is 0 Å². The summed E-state index contributed by atoms with van der Waals surface area (Å²) in [4.78, 5) is 50.0. The van der Waals surface area contributed by atoms with Gasteiger partial charge in [-0.05, 0) is 26.3 Å². The normalized spacial score (nSPS) is 23.8. The highest BCUT2D eigenvalue weighted by atomic mass is 16.7. The zero-order valence-electron chi connectivity index (χ0n) is 17.7. The van der Waals surface area contributed by atoms with Crippen molar-refractivity contribution in [2.45, 2.75) is 45.4 Å². The first-order valence-electron chi connectivity index (χ1n) is 9.91. The van der Waals surface area contributed by atoms with Gasteiger partial charge in [-0.2, -0.15) is 0 Å². The van der Waals surface area contributed by atoms with Gasteiger partial charge in [-0.3, -0.25) is 19.3 Å². The van der Waals surface area contributed by atoms with Gasteiger partial charge in [-0.1, -0.05) is 42.5 Å². The van der Waals surface area contributed by atoms with Crippen molar-refractivity contribution in [1.82, 2.24) is 4.90 Å². The largest absolute Gasteiger partial charge is 0.471 e. The molecule has 2 atom stereocenters. The fraction of sp³-hybridized carbons (Fsp3) is 0.391. The molecule has 8 heteroatoms. The molecular weight excluding hydrogens is 402 g/mol. The molecule has 0 radical (unpaired) electrons. The van der Waals surface area contributed by atoms with Gasteiger partial charge < -0.3 is 14.2 Å². The van der Waals surface area contributed by atoms with Crippen LogP contribution in [-0.4, -0.2) is 47.6 Å². The Morgan fingerprint density at radius 1 is 1.23 bits per heavy atom. The third-order valence-electron chi connectivity index (χ3n) is 5.06. The summed E-state index contributed by atoms with van der Waals surface area (Å²) in [7, 11) is 0. The van der Waals surface area contributed by atoms with Crippen molar-refractivity contribution in [1.29, 1.82) is 0 Å². The van der Waals surface area contributed by atoms with E-state index in [0.717, 1.165) is 11.6 Å². The first kappa shape index (κ1) is 22.3. The number of rotatable bonds is 7. The molecule has 1 aromatic carbocycles. The van der Waals surface area contributed by atoms with Crippen LogP contribution in [0.3, 0.4) is 0 Å². The molecule has 0 saturated carbocycles. The van der Waals surface area contributed by atoms with E-state index in [-0.39, 0.29) is 24.5 Å². The molecule has 0 N–H and O–H groups in total. The Kier molecular flexibility index (Phi) is 6.29. The minimum absolute atomic E-state index is 0.0237. The number of ether oxygens (including phenoxy) is 3. The fourth-order valence-electron chi connectivity index (χ4n) is 3.43. The Hall–Kier alpha value is -3.42. The van der Waals surface area contributed by atoms with Crippen LogP contribution in [0.4, 0.5) is 0 Å². The number of β-lactam (4-membered cyclic amide) rings is 1. The lowest BCUT2D eigenvalue weighted by Gasteiger charge is -2.40. The van der Waals surface area contributed by atoms with Gasteiger partial charge in [0, 0.05) is 12.5 Å². The van der Waals surface area contributed by atoms with E-state index in [1.165, 1.54) is 4.90 Å². The number of esters is 2. The standard InChI is InChI=1S/C23H25NO7/c1-22(2,3)20(27)29-15-30-21(28)23(12-7-10-16-8-5-4-6-9-16)17(11-13-25)31-19-14-18(26)24(19)23/h4-11,13,19H,12,14-15H2,1-3H3/b10-7+,17-11?/t19-,23?/m1/s1. The minimum Gasteiger partial charge on any atom is -0.471 e. The summed E-state index contributed by atoms with van der Waals surface area (Å²) in [6.45, 7) is 4.41. The monoisotopic (exact) mass is 427 g/mol. The highest BCUT2D eigenvalue weighted by molar-refractivity contribution is 5.96. The van der Waals surface area contributed by atoms with Gasteiger partial charge in [0.25, 0.3) is 0 Å². The van der Waals surface area contributed by atoms with Crippen molar-refractivity contribution in [2.75, 3.05) is 6.79 Å². The second kappa shape index (κ2) is 8.75. The number of carbonyl (C=O) groups is 4. The molecule has 0 aromatic heterocycles. The number of benzene rings is 1. The minimum atomic E-state index is -1.64. The molecule has 2 heterocycles. The molecule has 0 aliphatic carbocycles. The number of hydrogen-bond donors (Lipinski definition) is 0. The van der Waals surface area contributed by atoms with Gasteiger partial charge >= 0.3 is 11.9 Å². The van der Waals surface area contributed by atoms with E-state index < -0.39 is 35.9 Å². The number of amides is 1. The average Bonchev–Trinajstić information content (AvgIpc) is 2.96. The first-order valence-corrected chi connectivity index (χ1v) is 9.91. The maximum Gasteiger partial charge on any atom is 0.343 e. The lowest BCUT2D eigenvalue weighted by molar-refractivity contribution is -0.185. The second-order valence-electron chi connectivity index (χ2n) is 8.32. The summed E-state index contributed by atoms with van der Waals surface area (Å²) in [5.41, 5.74) is -1.50. The molecular formula is C23H25NO7. The van der Waals surface area contributed by atoms with Crippen LogP contribution in [0.15, 0.2) is 48.2 Å². The molecule has 31 heavy (non-hydrogen) atoms. The molecule has 2 aliphatic heterocycles. The van der Waals surface area contributed by atoms with Crippen LogP contribution in [0.1, 0.15) is 39.2 Å². The Labute approximate surface area is 180 Å². The van der Waals surface area contributed by atoms with Crippen LogP contribution in [0.5, 0.6) is 0 Å². The first-order chi connectivity index (χ1) is 14.7. The molecule has 1 aromatic rings. The van der Waals surface area contributed by atoms with Crippen molar-refractivity contribution in [2.24, 2.45) is 5.41 Å². The molecule has 0 bridgehead atoms. The molecule has 8 nitrogen and oxygen atoms in total. The second-order valence-corrected chi connectivity index (χ2v) is 8.32. The maximum absolute atomic E-state index is 13.2. The Morgan fingerprint density at radius 2 is 1.94 bits per heavy atom. The van der Waals surface area contributed by atoms with Crippen LogP contribution in [0, 0.1) is 5.41 Å². The highest BCUT2D eigenvalue weighted by Crippen LogP contribution is 2.47. The van der Waals surface area contributed by atoms with E-state index in [1.807, 2.05) is 30.3 Å². The van der Waals surface area contributed by atoms with E-state index in [0.29, 0.717) is 6.29 Å². The lowest BCUT2D eigenvalue weighted by atomic mass is 9.88. The van der Waals surface area contributed by atoms with E-state index >= 15 is 0 Å². The third kappa shape index (κ3) is 4.38. The zero-order valence-corrected chi connectivity index (χ0v) is 17.7. The summed E-state index contributed by atoms with van der Waals surface area (Å²) < 4.78 is 15.9. The van der Waals surface area contributed by atoms with E-state index in [2.05, 4.69) is 0 Å². The average molecular weight is 427 g/mol. The van der Waals surface area contributed by atoms with Gasteiger partial charge in [0.1, 0.15) is 12.0 Å². The van der Waals surface area contributed by atoms with Crippen LogP contribution in [-0.2, 0) is 33.4 Å². The fourth-order valence-corrected chi connectivity index (χ4v) is 3.43. The summed E-state index contributed by atoms with van der Waals surface area (Å²) >= 11 is 0. The van der Waals surface area contributed by atoms with Gasteiger partial charge in [-0.15, -0.1) is 0 Å². The lowest BCUT2D eigenvalue weighted by Crippen LogP contribution is -2.63. The molecule has 1 amide bonds. The van der Waals surface area contributed by atoms with E-state index in [1.54, 1.807) is 32.9 Å². The van der Waals surface area contributed by atoms with E-state index in [4.69, 9.17) is 14.2 Å². The Bertz CT molecular complexity index is 929. The number of aldehydes is 1. The SMILES string of the molecule is CC(C)(C)C(=O)OCOC(=O)C1(C/C=C/c2ccccc2)C(=CC=O)O[C@@H]2CC(=O)N21. The van der Waals surface area contributed by atoms with Gasteiger partial charge in [0.05, 0.1) is 11.8 Å². The molecule has 1 unspecified atom stereocenters. The summed E-state index contributed by atoms with van der Waals surface area (Å²) in [6, 6.07) is 9.40. The highest BCUT2D eigenvalue weighted by Gasteiger charge is 2.64. The topological polar surface area (TPSA) is 99.2 Å². The quantitative estimate of drug-likeness (QED) is 0.217. The molecule has 3 rings (SSSR count). The number of fused-ring (bicyclic) bond motifs is 1. The summed E-state index contributed by atoms with van der Waals surface area (Å²) in [6.07, 6.45) is 4.60. The molecule has 164 valence electrons. The molecule has 2 saturated heterocycles.